The number of benzene rings is 3. The third kappa shape index (κ3) is 3.96. The third-order valence-corrected chi connectivity index (χ3v) is 7.35. The van der Waals surface area contributed by atoms with Gasteiger partial charge in [0.25, 0.3) is 0 Å². The second kappa shape index (κ2) is 8.20. The number of hydrogen-bond acceptors (Lipinski definition) is 5. The summed E-state index contributed by atoms with van der Waals surface area (Å²) in [5, 5.41) is 8.35. The Balaban J connectivity index is 1.53. The van der Waals surface area contributed by atoms with Crippen molar-refractivity contribution in [1.29, 1.82) is 0 Å². The lowest BCUT2D eigenvalue weighted by Crippen LogP contribution is -2.24. The summed E-state index contributed by atoms with van der Waals surface area (Å²) in [6, 6.07) is 14.8. The number of nitrogens with one attached hydrogen (secondary N) is 2. The van der Waals surface area contributed by atoms with Gasteiger partial charge in [-0.2, -0.15) is 0 Å². The number of methoxy groups -OCH3 is 1. The van der Waals surface area contributed by atoms with E-state index in [2.05, 4.69) is 28.8 Å². The van der Waals surface area contributed by atoms with Crippen molar-refractivity contribution in [2.45, 2.75) is 17.7 Å². The van der Waals surface area contributed by atoms with Crippen molar-refractivity contribution < 1.29 is 17.9 Å². The van der Waals surface area contributed by atoms with Gasteiger partial charge in [-0.15, -0.1) is 0 Å². The van der Waals surface area contributed by atoms with Gasteiger partial charge in [-0.25, -0.2) is 12.7 Å². The molecule has 0 aliphatic heterocycles. The molecule has 3 aromatic carbocycles. The lowest BCUT2D eigenvalue weighted by molar-refractivity contribution is -0.114. The molecule has 1 amide bonds. The Morgan fingerprint density at radius 1 is 1.03 bits per heavy atom. The first-order valence-electron chi connectivity index (χ1n) is 9.99. The first kappa shape index (κ1) is 21.1. The topological polar surface area (TPSA) is 87.7 Å². The SMILES string of the molecule is COc1ccc(S(=O)(=O)N(C)C)cc1NC(=O)CNc1ccc2c3c(cccc13)CC2. The standard InChI is InChI=1S/C23H25N3O4S/c1-26(2)31(28,29)17-10-12-21(30-3)20(13-17)25-22(27)14-24-19-11-9-16-8-7-15-5-4-6-18(19)23(15)16/h4-6,9-13,24H,7-8,14H2,1-3H3,(H,25,27). The zero-order valence-electron chi connectivity index (χ0n) is 17.7. The molecule has 8 heteroatoms. The zero-order valence-corrected chi connectivity index (χ0v) is 18.5. The zero-order chi connectivity index (χ0) is 22.2. The number of carbonyl (C=O) groups excluding carboxylic acids is 1. The first-order chi connectivity index (χ1) is 14.8. The van der Waals surface area contributed by atoms with Gasteiger partial charge in [0.15, 0.2) is 0 Å². The van der Waals surface area contributed by atoms with Crippen LogP contribution in [0.4, 0.5) is 11.4 Å². The molecular formula is C23H25N3O4S. The minimum absolute atomic E-state index is 0.0342. The molecule has 2 N–H and O–H groups in total. The van der Waals surface area contributed by atoms with E-state index < -0.39 is 10.0 Å². The molecule has 0 radical (unpaired) electrons. The van der Waals surface area contributed by atoms with Gasteiger partial charge in [0.1, 0.15) is 5.75 Å². The maximum atomic E-state index is 12.6. The number of ether oxygens (including phenoxy) is 1. The highest BCUT2D eigenvalue weighted by Gasteiger charge is 2.20. The van der Waals surface area contributed by atoms with Gasteiger partial charge in [0.05, 0.1) is 24.2 Å². The van der Waals surface area contributed by atoms with E-state index in [1.54, 1.807) is 0 Å². The van der Waals surface area contributed by atoms with Crippen LogP contribution in [0.3, 0.4) is 0 Å². The quantitative estimate of drug-likeness (QED) is 0.590. The number of anilines is 2. The summed E-state index contributed by atoms with van der Waals surface area (Å²) in [6.07, 6.45) is 2.09. The van der Waals surface area contributed by atoms with Crippen molar-refractivity contribution >= 4 is 38.1 Å². The molecular weight excluding hydrogens is 414 g/mol. The summed E-state index contributed by atoms with van der Waals surface area (Å²) in [4.78, 5) is 12.7. The Morgan fingerprint density at radius 2 is 1.77 bits per heavy atom. The van der Waals surface area contributed by atoms with Gasteiger partial charge in [-0.05, 0) is 53.6 Å². The van der Waals surface area contributed by atoms with E-state index in [0.29, 0.717) is 11.4 Å². The molecule has 0 saturated carbocycles. The van der Waals surface area contributed by atoms with E-state index in [0.717, 1.165) is 28.2 Å². The van der Waals surface area contributed by atoms with Gasteiger partial charge in [-0.3, -0.25) is 4.79 Å². The Hall–Kier alpha value is -3.10. The fraction of sp³-hybridized carbons (Fsp3) is 0.261. The van der Waals surface area contributed by atoms with E-state index in [4.69, 9.17) is 4.74 Å². The van der Waals surface area contributed by atoms with E-state index >= 15 is 0 Å². The summed E-state index contributed by atoms with van der Waals surface area (Å²) < 4.78 is 31.3. The van der Waals surface area contributed by atoms with Crippen LogP contribution in [0.2, 0.25) is 0 Å². The minimum atomic E-state index is -3.63. The van der Waals surface area contributed by atoms with Crippen LogP contribution in [0.1, 0.15) is 11.1 Å². The summed E-state index contributed by atoms with van der Waals surface area (Å²) in [5.74, 6) is 0.0809. The van der Waals surface area contributed by atoms with Crippen LogP contribution < -0.4 is 15.4 Å². The molecule has 3 aromatic rings. The van der Waals surface area contributed by atoms with Crippen LogP contribution in [0.25, 0.3) is 10.8 Å². The Morgan fingerprint density at radius 3 is 2.48 bits per heavy atom. The van der Waals surface area contributed by atoms with Gasteiger partial charge >= 0.3 is 0 Å². The third-order valence-electron chi connectivity index (χ3n) is 5.54. The average molecular weight is 440 g/mol. The van der Waals surface area contributed by atoms with Crippen molar-refractivity contribution in [3.8, 4) is 5.75 Å². The maximum Gasteiger partial charge on any atom is 0.243 e. The molecule has 0 heterocycles. The highest BCUT2D eigenvalue weighted by atomic mass is 32.2. The van der Waals surface area contributed by atoms with E-state index in [1.807, 2.05) is 12.1 Å². The van der Waals surface area contributed by atoms with E-state index in [1.165, 1.54) is 55.9 Å². The van der Waals surface area contributed by atoms with Crippen molar-refractivity contribution in [1.82, 2.24) is 4.31 Å². The Bertz CT molecular complexity index is 1260. The van der Waals surface area contributed by atoms with Gasteiger partial charge in [0, 0.05) is 25.2 Å². The number of rotatable bonds is 7. The van der Waals surface area contributed by atoms with Crippen molar-refractivity contribution in [3.63, 3.8) is 0 Å². The molecule has 1 aliphatic rings. The summed E-state index contributed by atoms with van der Waals surface area (Å²) >= 11 is 0. The molecule has 0 aromatic heterocycles. The number of aryl methyl sites for hydroxylation is 2. The molecule has 7 nitrogen and oxygen atoms in total. The second-order valence-corrected chi connectivity index (χ2v) is 9.82. The largest absolute Gasteiger partial charge is 0.495 e. The van der Waals surface area contributed by atoms with Crippen LogP contribution in [0.5, 0.6) is 5.75 Å². The molecule has 0 unspecified atom stereocenters. The summed E-state index contributed by atoms with van der Waals surface area (Å²) in [6.45, 7) is 0.0342. The van der Waals surface area contributed by atoms with Gasteiger partial charge in [0.2, 0.25) is 15.9 Å². The predicted molar refractivity (Wildman–Crippen MR) is 122 cm³/mol. The van der Waals surface area contributed by atoms with Gasteiger partial charge < -0.3 is 15.4 Å². The number of nitrogens with zero attached hydrogens (tertiary/aromatic N) is 1. The lowest BCUT2D eigenvalue weighted by Gasteiger charge is -2.16. The Kier molecular flexibility index (Phi) is 5.60. The van der Waals surface area contributed by atoms with Crippen molar-refractivity contribution in [3.05, 3.63) is 59.7 Å². The van der Waals surface area contributed by atoms with Crippen molar-refractivity contribution in [2.24, 2.45) is 0 Å². The highest BCUT2D eigenvalue weighted by molar-refractivity contribution is 7.89. The lowest BCUT2D eigenvalue weighted by atomic mass is 10.0. The maximum absolute atomic E-state index is 12.6. The molecule has 0 saturated heterocycles. The second-order valence-electron chi connectivity index (χ2n) is 7.66. The van der Waals surface area contributed by atoms with E-state index in [-0.39, 0.29) is 17.3 Å². The average Bonchev–Trinajstić information content (AvgIpc) is 3.18. The monoisotopic (exact) mass is 439 g/mol. The van der Waals surface area contributed by atoms with Crippen molar-refractivity contribution in [2.75, 3.05) is 38.4 Å². The number of carbonyl (C=O) groups is 1. The molecule has 162 valence electrons. The summed E-state index contributed by atoms with van der Waals surface area (Å²) in [5.41, 5.74) is 3.87. The number of sulfonamides is 1. The first-order valence-corrected chi connectivity index (χ1v) is 11.4. The fourth-order valence-corrected chi connectivity index (χ4v) is 4.86. The fourth-order valence-electron chi connectivity index (χ4n) is 3.93. The van der Waals surface area contributed by atoms with Crippen LogP contribution in [-0.2, 0) is 27.7 Å². The van der Waals surface area contributed by atoms with Crippen LogP contribution in [0.15, 0.2) is 53.4 Å². The molecule has 0 atom stereocenters. The molecule has 4 rings (SSSR count). The number of amides is 1. The van der Waals surface area contributed by atoms with Crippen LogP contribution in [0, 0.1) is 0 Å². The Labute approximate surface area is 182 Å². The van der Waals surface area contributed by atoms with E-state index in [9.17, 15) is 13.2 Å². The number of hydrogen-bond donors (Lipinski definition) is 2. The molecule has 0 spiro atoms. The van der Waals surface area contributed by atoms with Crippen LogP contribution in [-0.4, -0.2) is 46.4 Å². The minimum Gasteiger partial charge on any atom is -0.495 e. The normalized spacial score (nSPS) is 12.9. The molecule has 0 bridgehead atoms. The summed E-state index contributed by atoms with van der Waals surface area (Å²) in [7, 11) is 0.754. The van der Waals surface area contributed by atoms with Gasteiger partial charge in [-0.1, -0.05) is 24.3 Å². The molecule has 1 aliphatic carbocycles. The predicted octanol–water partition coefficient (Wildman–Crippen LogP) is 3.25. The highest BCUT2D eigenvalue weighted by Crippen LogP contribution is 2.35. The van der Waals surface area contributed by atoms with Crippen LogP contribution >= 0.6 is 0 Å². The molecule has 0 fully saturated rings. The smallest absolute Gasteiger partial charge is 0.243 e. The molecule has 31 heavy (non-hydrogen) atoms.